The van der Waals surface area contributed by atoms with Gasteiger partial charge in [-0.15, -0.1) is 0 Å². The molecule has 1 aromatic heterocycles. The summed E-state index contributed by atoms with van der Waals surface area (Å²) < 4.78 is 1.70. The molecular formula is C20H17N5O6. The van der Waals surface area contributed by atoms with Crippen LogP contribution in [0.5, 0.6) is 0 Å². The summed E-state index contributed by atoms with van der Waals surface area (Å²) in [7, 11) is 0. The molecule has 3 aromatic rings. The van der Waals surface area contributed by atoms with E-state index in [1.165, 1.54) is 12.2 Å². The summed E-state index contributed by atoms with van der Waals surface area (Å²) in [5.74, 6) is 0. The second-order valence-electron chi connectivity index (χ2n) is 6.83. The van der Waals surface area contributed by atoms with Crippen LogP contribution < -0.4 is 0 Å². The Hall–Kier alpha value is -4.41. The fourth-order valence-electron chi connectivity index (χ4n) is 3.19. The molecule has 0 amide bonds. The van der Waals surface area contributed by atoms with Gasteiger partial charge >= 0.3 is 0 Å². The highest BCUT2D eigenvalue weighted by atomic mass is 16.6. The van der Waals surface area contributed by atoms with E-state index in [-0.39, 0.29) is 5.56 Å². The van der Waals surface area contributed by atoms with E-state index in [0.717, 1.165) is 16.9 Å². The minimum absolute atomic E-state index is 0.331. The van der Waals surface area contributed by atoms with Crippen molar-refractivity contribution in [2.45, 2.75) is 20.8 Å². The van der Waals surface area contributed by atoms with Crippen molar-refractivity contribution >= 4 is 29.2 Å². The van der Waals surface area contributed by atoms with Gasteiger partial charge in [0.25, 0.3) is 17.1 Å². The van der Waals surface area contributed by atoms with E-state index in [1.807, 2.05) is 31.2 Å². The molecule has 0 aliphatic heterocycles. The molecule has 158 valence electrons. The van der Waals surface area contributed by atoms with Gasteiger partial charge in [-0.25, -0.2) is 4.68 Å². The molecule has 0 aliphatic rings. The molecular weight excluding hydrogens is 406 g/mol. The zero-order valence-corrected chi connectivity index (χ0v) is 16.8. The van der Waals surface area contributed by atoms with Crippen molar-refractivity contribution < 1.29 is 14.8 Å². The largest absolute Gasteiger partial charge is 0.290 e. The van der Waals surface area contributed by atoms with Gasteiger partial charge in [-0.05, 0) is 39.0 Å². The number of nitro groups is 3. The SMILES string of the molecule is Cc1ccc(-n2nc(C)c(/C=C/c3c([N+](=O)[O-])cc([N+](=O)[O-])cc3[N+](=O)[O-])c2C)cc1. The summed E-state index contributed by atoms with van der Waals surface area (Å²) in [6, 6.07) is 9.09. The van der Waals surface area contributed by atoms with Gasteiger partial charge in [0, 0.05) is 11.3 Å². The van der Waals surface area contributed by atoms with Crippen molar-refractivity contribution in [2.24, 2.45) is 0 Å². The molecule has 0 unspecified atom stereocenters. The fraction of sp³-hybridized carbons (Fsp3) is 0.150. The van der Waals surface area contributed by atoms with E-state index >= 15 is 0 Å². The molecule has 0 saturated heterocycles. The third kappa shape index (κ3) is 4.15. The molecule has 0 spiro atoms. The second kappa shape index (κ2) is 8.14. The lowest BCUT2D eigenvalue weighted by Gasteiger charge is -2.05. The third-order valence-electron chi connectivity index (χ3n) is 4.77. The highest BCUT2D eigenvalue weighted by molar-refractivity contribution is 5.82. The Balaban J connectivity index is 2.14. The maximum absolute atomic E-state index is 11.4. The average molecular weight is 423 g/mol. The quantitative estimate of drug-likeness (QED) is 0.412. The summed E-state index contributed by atoms with van der Waals surface area (Å²) >= 11 is 0. The van der Waals surface area contributed by atoms with E-state index in [9.17, 15) is 30.3 Å². The number of hydrogen-bond donors (Lipinski definition) is 0. The first-order chi connectivity index (χ1) is 14.6. The van der Waals surface area contributed by atoms with Gasteiger partial charge in [-0.1, -0.05) is 23.8 Å². The molecule has 0 bridgehead atoms. The summed E-state index contributed by atoms with van der Waals surface area (Å²) in [4.78, 5) is 31.2. The molecule has 11 heteroatoms. The van der Waals surface area contributed by atoms with Crippen LogP contribution in [0.4, 0.5) is 17.1 Å². The maximum Gasteiger partial charge on any atom is 0.290 e. The van der Waals surface area contributed by atoms with Crippen molar-refractivity contribution in [1.82, 2.24) is 9.78 Å². The highest BCUT2D eigenvalue weighted by Crippen LogP contribution is 2.35. The molecule has 0 saturated carbocycles. The van der Waals surface area contributed by atoms with E-state index in [2.05, 4.69) is 5.10 Å². The smallest absolute Gasteiger partial charge is 0.258 e. The monoisotopic (exact) mass is 423 g/mol. The number of nitro benzene ring substituents is 3. The third-order valence-corrected chi connectivity index (χ3v) is 4.77. The molecule has 1 heterocycles. The molecule has 11 nitrogen and oxygen atoms in total. The predicted molar refractivity (Wildman–Crippen MR) is 113 cm³/mol. The summed E-state index contributed by atoms with van der Waals surface area (Å²) in [6.45, 7) is 5.51. The molecule has 0 aliphatic carbocycles. The van der Waals surface area contributed by atoms with E-state index < -0.39 is 31.8 Å². The average Bonchev–Trinajstić information content (AvgIpc) is 2.99. The maximum atomic E-state index is 11.4. The van der Waals surface area contributed by atoms with Crippen molar-refractivity contribution in [3.63, 3.8) is 0 Å². The molecule has 0 N–H and O–H groups in total. The molecule has 0 radical (unpaired) electrons. The predicted octanol–water partition coefficient (Wildman–Crippen LogP) is 4.69. The van der Waals surface area contributed by atoms with Crippen molar-refractivity contribution in [2.75, 3.05) is 0 Å². The van der Waals surface area contributed by atoms with E-state index in [0.29, 0.717) is 23.4 Å². The van der Waals surface area contributed by atoms with Crippen molar-refractivity contribution in [3.05, 3.63) is 94.8 Å². The Labute approximate surface area is 175 Å². The van der Waals surface area contributed by atoms with Crippen LogP contribution in [0.2, 0.25) is 0 Å². The van der Waals surface area contributed by atoms with Gasteiger partial charge in [0.2, 0.25) is 0 Å². The topological polar surface area (TPSA) is 147 Å². The van der Waals surface area contributed by atoms with Crippen LogP contribution in [-0.2, 0) is 0 Å². The second-order valence-corrected chi connectivity index (χ2v) is 6.83. The number of benzene rings is 2. The summed E-state index contributed by atoms with van der Waals surface area (Å²) in [5, 5.41) is 38.4. The number of nitrogens with zero attached hydrogens (tertiary/aromatic N) is 5. The molecule has 31 heavy (non-hydrogen) atoms. The van der Waals surface area contributed by atoms with Crippen LogP contribution >= 0.6 is 0 Å². The normalized spacial score (nSPS) is 11.1. The van der Waals surface area contributed by atoms with Gasteiger partial charge in [0.1, 0.15) is 5.56 Å². The van der Waals surface area contributed by atoms with Crippen LogP contribution in [-0.4, -0.2) is 24.6 Å². The van der Waals surface area contributed by atoms with Gasteiger partial charge < -0.3 is 0 Å². The molecule has 2 aromatic carbocycles. The lowest BCUT2D eigenvalue weighted by molar-refractivity contribution is -0.403. The van der Waals surface area contributed by atoms with Gasteiger partial charge in [0.15, 0.2) is 0 Å². The van der Waals surface area contributed by atoms with Gasteiger partial charge in [-0.3, -0.25) is 30.3 Å². The number of non-ortho nitro benzene ring substituents is 1. The molecule has 0 atom stereocenters. The lowest BCUT2D eigenvalue weighted by Crippen LogP contribution is -2.00. The van der Waals surface area contributed by atoms with Gasteiger partial charge in [-0.2, -0.15) is 5.10 Å². The summed E-state index contributed by atoms with van der Waals surface area (Å²) in [5.41, 5.74) is 1.37. The number of rotatable bonds is 6. The fourth-order valence-corrected chi connectivity index (χ4v) is 3.19. The Bertz CT molecular complexity index is 1210. The Morgan fingerprint density at radius 2 is 1.32 bits per heavy atom. The lowest BCUT2D eigenvalue weighted by atomic mass is 10.1. The van der Waals surface area contributed by atoms with Crippen molar-refractivity contribution in [3.8, 4) is 5.69 Å². The number of hydrogen-bond acceptors (Lipinski definition) is 7. The van der Waals surface area contributed by atoms with Crippen LogP contribution in [0.15, 0.2) is 36.4 Å². The van der Waals surface area contributed by atoms with Crippen LogP contribution in [0.25, 0.3) is 17.8 Å². The van der Waals surface area contributed by atoms with Crippen LogP contribution in [0, 0.1) is 51.1 Å². The van der Waals surface area contributed by atoms with Crippen LogP contribution in [0.1, 0.15) is 28.1 Å². The first-order valence-corrected chi connectivity index (χ1v) is 9.02. The number of aromatic nitrogens is 2. The zero-order chi connectivity index (χ0) is 22.9. The standard InChI is InChI=1S/C20H17N5O6/c1-12-4-6-15(7-5-12)22-14(3)17(13(2)21-22)8-9-18-19(24(28)29)10-16(23(26)27)11-20(18)25(30)31/h4-11H,1-3H3/b9-8+. The van der Waals surface area contributed by atoms with E-state index in [4.69, 9.17) is 0 Å². The minimum Gasteiger partial charge on any atom is -0.258 e. The zero-order valence-electron chi connectivity index (χ0n) is 16.8. The van der Waals surface area contributed by atoms with Crippen LogP contribution in [0.3, 0.4) is 0 Å². The Kier molecular flexibility index (Phi) is 5.60. The molecule has 3 rings (SSSR count). The minimum atomic E-state index is -0.909. The molecule has 0 fully saturated rings. The summed E-state index contributed by atoms with van der Waals surface area (Å²) in [6.07, 6.45) is 2.71. The van der Waals surface area contributed by atoms with E-state index in [1.54, 1.807) is 18.5 Å². The highest BCUT2D eigenvalue weighted by Gasteiger charge is 2.29. The van der Waals surface area contributed by atoms with Gasteiger partial charge in [0.05, 0.1) is 38.3 Å². The Morgan fingerprint density at radius 1 is 0.806 bits per heavy atom. The van der Waals surface area contributed by atoms with Crippen molar-refractivity contribution in [1.29, 1.82) is 0 Å². The number of aryl methyl sites for hydroxylation is 2. The first-order valence-electron chi connectivity index (χ1n) is 9.02. The Morgan fingerprint density at radius 3 is 1.81 bits per heavy atom. The first kappa shape index (κ1) is 21.3.